The van der Waals surface area contributed by atoms with E-state index >= 15 is 0 Å². The molecule has 2 saturated heterocycles. The smallest absolute Gasteiger partial charge is 0.253 e. The maximum atomic E-state index is 13.0. The van der Waals surface area contributed by atoms with Gasteiger partial charge in [0.05, 0.1) is 13.7 Å². The highest BCUT2D eigenvalue weighted by Crippen LogP contribution is 2.40. The molecule has 1 aromatic rings. The first-order valence-corrected chi connectivity index (χ1v) is 9.72. The van der Waals surface area contributed by atoms with Gasteiger partial charge in [0.1, 0.15) is 5.75 Å². The number of aliphatic hydroxyl groups is 1. The Morgan fingerprint density at radius 1 is 1.19 bits per heavy atom. The lowest BCUT2D eigenvalue weighted by atomic mass is 9.72. The summed E-state index contributed by atoms with van der Waals surface area (Å²) >= 11 is 0. The molecule has 0 saturated carbocycles. The van der Waals surface area contributed by atoms with Gasteiger partial charge in [0, 0.05) is 38.2 Å². The quantitative estimate of drug-likeness (QED) is 0.877. The first kappa shape index (κ1) is 19.7. The number of hydrogen-bond acceptors (Lipinski definition) is 4. The molecule has 0 atom stereocenters. The minimum Gasteiger partial charge on any atom is -0.496 e. The normalized spacial score (nSPS) is 19.5. The van der Waals surface area contributed by atoms with Crippen molar-refractivity contribution in [2.75, 3.05) is 39.9 Å². The van der Waals surface area contributed by atoms with E-state index < -0.39 is 0 Å². The van der Waals surface area contributed by atoms with Crippen LogP contribution in [-0.4, -0.2) is 66.6 Å². The Bertz CT molecular complexity index is 700. The first-order valence-electron chi connectivity index (χ1n) is 9.72. The molecule has 0 bridgehead atoms. The van der Waals surface area contributed by atoms with Crippen LogP contribution in [0.3, 0.4) is 0 Å². The van der Waals surface area contributed by atoms with Crippen LogP contribution in [0.1, 0.15) is 47.2 Å². The zero-order valence-corrected chi connectivity index (χ0v) is 16.6. The molecular formula is C21H30N2O4. The van der Waals surface area contributed by atoms with E-state index in [1.165, 1.54) is 0 Å². The lowest BCUT2D eigenvalue weighted by Gasteiger charge is -2.47. The van der Waals surface area contributed by atoms with E-state index in [0.29, 0.717) is 38.2 Å². The Labute approximate surface area is 161 Å². The van der Waals surface area contributed by atoms with Crippen molar-refractivity contribution in [2.24, 2.45) is 5.41 Å². The molecule has 148 valence electrons. The average Bonchev–Trinajstić information content (AvgIpc) is 2.65. The highest BCUT2D eigenvalue weighted by Gasteiger charge is 2.41. The van der Waals surface area contributed by atoms with Gasteiger partial charge in [-0.3, -0.25) is 9.59 Å². The van der Waals surface area contributed by atoms with Crippen LogP contribution in [0.2, 0.25) is 0 Å². The molecule has 6 heteroatoms. The summed E-state index contributed by atoms with van der Waals surface area (Å²) < 4.78 is 5.39. The number of likely N-dealkylation sites (tertiary alicyclic amines) is 2. The Hall–Kier alpha value is -2.08. The standard InChI is InChI=1S/C21H30N2O4/c1-15-12-17(13-16(2)19(15)27-3)20(26)22-8-6-21(7-9-22)5-4-18(25)23(14-21)10-11-24/h12-13,24H,4-11,14H2,1-3H3. The van der Waals surface area contributed by atoms with Gasteiger partial charge >= 0.3 is 0 Å². The number of amides is 2. The molecular weight excluding hydrogens is 344 g/mol. The molecule has 2 aliphatic heterocycles. The number of β-amino-alcohol motifs (C(OH)–C–C–N with tert-alkyl or cyclic N) is 1. The average molecular weight is 374 g/mol. The van der Waals surface area contributed by atoms with E-state index in [-0.39, 0.29) is 23.8 Å². The predicted molar refractivity (Wildman–Crippen MR) is 103 cm³/mol. The van der Waals surface area contributed by atoms with Crippen molar-refractivity contribution in [1.82, 2.24) is 9.80 Å². The maximum Gasteiger partial charge on any atom is 0.253 e. The molecule has 0 aliphatic carbocycles. The summed E-state index contributed by atoms with van der Waals surface area (Å²) in [5.74, 6) is 1.04. The number of hydrogen-bond donors (Lipinski definition) is 1. The van der Waals surface area contributed by atoms with Crippen molar-refractivity contribution < 1.29 is 19.4 Å². The second-order valence-corrected chi connectivity index (χ2v) is 7.97. The summed E-state index contributed by atoms with van der Waals surface area (Å²) in [6.45, 7) is 6.46. The summed E-state index contributed by atoms with van der Waals surface area (Å²) in [6, 6.07) is 3.81. The molecule has 0 unspecified atom stereocenters. The molecule has 1 spiro atoms. The third-order valence-corrected chi connectivity index (χ3v) is 6.14. The number of aryl methyl sites for hydroxylation is 2. The van der Waals surface area contributed by atoms with E-state index in [1.807, 2.05) is 30.9 Å². The van der Waals surface area contributed by atoms with Crippen molar-refractivity contribution in [3.8, 4) is 5.75 Å². The summed E-state index contributed by atoms with van der Waals surface area (Å²) in [6.07, 6.45) is 3.24. The van der Waals surface area contributed by atoms with Crippen LogP contribution in [0.15, 0.2) is 12.1 Å². The zero-order chi connectivity index (χ0) is 19.6. The first-order chi connectivity index (χ1) is 12.9. The molecule has 2 heterocycles. The van der Waals surface area contributed by atoms with Gasteiger partial charge in [0.25, 0.3) is 5.91 Å². The topological polar surface area (TPSA) is 70.1 Å². The number of aliphatic hydroxyl groups excluding tert-OH is 1. The molecule has 0 radical (unpaired) electrons. The van der Waals surface area contributed by atoms with Crippen molar-refractivity contribution in [1.29, 1.82) is 0 Å². The van der Waals surface area contributed by atoms with Crippen LogP contribution in [0.5, 0.6) is 5.75 Å². The number of ether oxygens (including phenoxy) is 1. The molecule has 2 amide bonds. The molecule has 6 nitrogen and oxygen atoms in total. The third-order valence-electron chi connectivity index (χ3n) is 6.14. The van der Waals surface area contributed by atoms with Gasteiger partial charge < -0.3 is 19.6 Å². The number of piperidine rings is 2. The predicted octanol–water partition coefficient (Wildman–Crippen LogP) is 2.15. The third kappa shape index (κ3) is 3.95. The van der Waals surface area contributed by atoms with Crippen molar-refractivity contribution in [3.05, 3.63) is 28.8 Å². The molecule has 27 heavy (non-hydrogen) atoms. The van der Waals surface area contributed by atoms with Gasteiger partial charge in [-0.15, -0.1) is 0 Å². The van der Waals surface area contributed by atoms with E-state index in [1.54, 1.807) is 12.0 Å². The van der Waals surface area contributed by atoms with Crippen LogP contribution in [0.25, 0.3) is 0 Å². The molecule has 2 fully saturated rings. The Balaban J connectivity index is 1.67. The monoisotopic (exact) mass is 374 g/mol. The Morgan fingerprint density at radius 3 is 2.37 bits per heavy atom. The number of carbonyl (C=O) groups excluding carboxylic acids is 2. The summed E-state index contributed by atoms with van der Waals surface area (Å²) in [5, 5.41) is 9.19. The van der Waals surface area contributed by atoms with Gasteiger partial charge in [-0.2, -0.15) is 0 Å². The number of carbonyl (C=O) groups is 2. The van der Waals surface area contributed by atoms with E-state index in [0.717, 1.165) is 36.1 Å². The van der Waals surface area contributed by atoms with Gasteiger partial charge in [0.15, 0.2) is 0 Å². The van der Waals surface area contributed by atoms with Crippen molar-refractivity contribution >= 4 is 11.8 Å². The van der Waals surface area contributed by atoms with Crippen LogP contribution >= 0.6 is 0 Å². The Morgan fingerprint density at radius 2 is 1.81 bits per heavy atom. The number of benzene rings is 1. The van der Waals surface area contributed by atoms with Crippen LogP contribution in [-0.2, 0) is 4.79 Å². The molecule has 2 aliphatic rings. The largest absolute Gasteiger partial charge is 0.496 e. The minimum atomic E-state index is 0.00258. The minimum absolute atomic E-state index is 0.00258. The number of rotatable bonds is 4. The fourth-order valence-electron chi connectivity index (χ4n) is 4.60. The summed E-state index contributed by atoms with van der Waals surface area (Å²) in [7, 11) is 1.65. The highest BCUT2D eigenvalue weighted by molar-refractivity contribution is 5.95. The molecule has 0 aromatic heterocycles. The molecule has 3 rings (SSSR count). The van der Waals surface area contributed by atoms with E-state index in [2.05, 4.69) is 0 Å². The maximum absolute atomic E-state index is 13.0. The van der Waals surface area contributed by atoms with Crippen molar-refractivity contribution in [2.45, 2.75) is 39.5 Å². The van der Waals surface area contributed by atoms with E-state index in [9.17, 15) is 14.7 Å². The van der Waals surface area contributed by atoms with Gasteiger partial charge in [-0.25, -0.2) is 0 Å². The zero-order valence-electron chi connectivity index (χ0n) is 16.6. The molecule has 1 aromatic carbocycles. The highest BCUT2D eigenvalue weighted by atomic mass is 16.5. The van der Waals surface area contributed by atoms with Crippen LogP contribution < -0.4 is 4.74 Å². The lowest BCUT2D eigenvalue weighted by Crippen LogP contribution is -2.52. The lowest BCUT2D eigenvalue weighted by molar-refractivity contribution is -0.139. The summed E-state index contributed by atoms with van der Waals surface area (Å²) in [5.41, 5.74) is 2.74. The van der Waals surface area contributed by atoms with Gasteiger partial charge in [-0.05, 0) is 61.8 Å². The fourth-order valence-corrected chi connectivity index (χ4v) is 4.60. The SMILES string of the molecule is COc1c(C)cc(C(=O)N2CCC3(CCC(=O)N(CCO)C3)CC2)cc1C. The second kappa shape index (κ2) is 7.89. The van der Waals surface area contributed by atoms with E-state index in [4.69, 9.17) is 4.74 Å². The Kier molecular flexibility index (Phi) is 5.75. The summed E-state index contributed by atoms with van der Waals surface area (Å²) in [4.78, 5) is 28.7. The number of methoxy groups -OCH3 is 1. The fraction of sp³-hybridized carbons (Fsp3) is 0.619. The van der Waals surface area contributed by atoms with Gasteiger partial charge in [0.2, 0.25) is 5.91 Å². The number of nitrogens with zero attached hydrogens (tertiary/aromatic N) is 2. The second-order valence-electron chi connectivity index (χ2n) is 7.97. The molecule has 1 N–H and O–H groups in total. The van der Waals surface area contributed by atoms with Crippen LogP contribution in [0, 0.1) is 19.3 Å². The van der Waals surface area contributed by atoms with Crippen LogP contribution in [0.4, 0.5) is 0 Å². The van der Waals surface area contributed by atoms with Gasteiger partial charge in [-0.1, -0.05) is 0 Å². The van der Waals surface area contributed by atoms with Crippen molar-refractivity contribution in [3.63, 3.8) is 0 Å².